The number of allylic oxidation sites excluding steroid dienone is 4. The predicted molar refractivity (Wildman–Crippen MR) is 489 cm³/mol. The van der Waals surface area contributed by atoms with Crippen LogP contribution >= 0.6 is 11.6 Å². The number of alkyl halides is 3. The van der Waals surface area contributed by atoms with Crippen LogP contribution in [0.3, 0.4) is 0 Å². The van der Waals surface area contributed by atoms with Crippen molar-refractivity contribution in [2.75, 3.05) is 73.7 Å². The monoisotopic (exact) mass is 5330 g/mol. The molecule has 0 aromatic heterocycles. The Morgan fingerprint density at radius 3 is 1.05 bits per heavy atom. The molecule has 1 fully saturated rings. The van der Waals surface area contributed by atoms with Crippen molar-refractivity contribution in [3.8, 4) is 6.07 Å². The van der Waals surface area contributed by atoms with Crippen LogP contribution < -0.4 is 0 Å². The minimum absolute atomic E-state index is 0. The maximum Gasteiger partial charge on any atom is 0.422 e. The van der Waals surface area contributed by atoms with Crippen LogP contribution in [0.15, 0.2) is 287 Å². The summed E-state index contributed by atoms with van der Waals surface area (Å²) in [5.74, 6) is -12.5. The summed E-state index contributed by atoms with van der Waals surface area (Å²) in [7, 11) is 2.18. The molecular weight excluding hydrogens is 5210 g/mol. The molecule has 0 radical (unpaired) electrons. The van der Waals surface area contributed by atoms with Crippen LogP contribution in [-0.4, -0.2) is 158 Å². The van der Waals surface area contributed by atoms with Crippen molar-refractivity contribution in [1.29, 1.82) is 5.26 Å². The van der Waals surface area contributed by atoms with Crippen LogP contribution in [0.5, 0.6) is 0 Å². The second-order valence-electron chi connectivity index (χ2n) is 22.3. The first-order chi connectivity index (χ1) is 60.8. The molecule has 1 saturated carbocycles. The van der Waals surface area contributed by atoms with Gasteiger partial charge in [-0.15, -0.1) is 0 Å². The summed E-state index contributed by atoms with van der Waals surface area (Å²) in [5, 5.41) is 7.94. The van der Waals surface area contributed by atoms with Crippen LogP contribution in [0.2, 0.25) is 0 Å². The van der Waals surface area contributed by atoms with Crippen molar-refractivity contribution in [2.45, 2.75) is 63.6 Å². The minimum Gasteiger partial charge on any atom is -0.522 e. The zero-order chi connectivity index (χ0) is 101. The Hall–Kier alpha value is -26.8. The van der Waals surface area contributed by atoms with Crippen molar-refractivity contribution < 1.29 is 145 Å². The first-order valence-electron chi connectivity index (χ1n) is 36.9. The third-order valence-electron chi connectivity index (χ3n) is 12.7. The SMILES string of the molecule is C1=CCC(c2ccccc2)C=C1.C=C(C#N)C(=O)OC[CH2-].C=C(C(=O)OC[CH2-])C(F)(F)F.C=C(C(=O)OC[CH2-])c1ccccc1.C=C(C)C(=O)OC[CH2-].C=C(Cc1ccccc1)C(=O)OC[CH2-].C=C(Cl)C(=O)OC[CH2-].C=C(F)C(=O)OC.C=C(F)C(=O)OC.C=C(F)C(=O)OC1CC[CH-]CC1.C=C(F)C(=O)OC[CH2-].C=CC(=O)OC[CH2-].C=[C-]C(=O)OC[CH2-].[CH3-].[CH3-].[Rf].[Rf].[Rf].[Rf].[Rf].[Rf].[Rf].[Rf].[Rf].[Rf].[Rf].[Rf].[Rf].c1ccccc1. The maximum atomic E-state index is 12.2. The average molecular weight is 5330 g/mol. The van der Waals surface area contributed by atoms with Crippen molar-refractivity contribution in [3.63, 3.8) is 0 Å². The van der Waals surface area contributed by atoms with Crippen molar-refractivity contribution in [3.05, 3.63) is 394 Å². The van der Waals surface area contributed by atoms with Gasteiger partial charge in [-0.3, -0.25) is 11.4 Å². The third-order valence-corrected chi connectivity index (χ3v) is 12.8. The van der Waals surface area contributed by atoms with E-state index in [2.05, 4.69) is 245 Å². The van der Waals surface area contributed by atoms with Gasteiger partial charge in [0.2, 0.25) is 23.3 Å². The number of nitrogens with zero attached hydrogens (tertiary/aromatic N) is 1. The van der Waals surface area contributed by atoms with Gasteiger partial charge in [0, 0.05) is 29.6 Å². The molecule has 2 aliphatic rings. The molecule has 0 aliphatic heterocycles. The number of hydrogen-bond acceptors (Lipinski definition) is 25. The Morgan fingerprint density at radius 2 is 0.778 bits per heavy atom. The Morgan fingerprint density at radius 1 is 0.451 bits per heavy atom. The minimum atomic E-state index is -4.72. The number of halogens is 8. The Balaban J connectivity index is -0.0000000521. The molecule has 0 spiro atoms. The molecule has 752 valence electrons. The summed E-state index contributed by atoms with van der Waals surface area (Å²) in [4.78, 5) is 124. The van der Waals surface area contributed by atoms with E-state index in [0.29, 0.717) is 29.1 Å². The average Bonchev–Trinajstić information content (AvgIpc) is 0.892. The molecule has 1 unspecified atom stereocenters. The molecule has 144 heavy (non-hydrogen) atoms. The van der Waals surface area contributed by atoms with Crippen molar-refractivity contribution >= 4 is 88.8 Å². The largest absolute Gasteiger partial charge is 0.522 e. The van der Waals surface area contributed by atoms with E-state index < -0.39 is 94.7 Å². The third kappa shape index (κ3) is 108. The number of esters is 12. The van der Waals surface area contributed by atoms with E-state index in [1.54, 1.807) is 13.0 Å². The van der Waals surface area contributed by atoms with Gasteiger partial charge in [0.25, 0.3) is 0 Å². The van der Waals surface area contributed by atoms with E-state index in [-0.39, 0.29) is 103 Å². The molecule has 0 heterocycles. The first-order valence-corrected chi connectivity index (χ1v) is 37.3. The number of carbonyl (C=O) groups is 12. The predicted octanol–water partition coefficient (Wildman–Crippen LogP) is 19.3. The van der Waals surface area contributed by atoms with Crippen LogP contribution in [0.1, 0.15) is 61.6 Å². The van der Waals surface area contributed by atoms with Gasteiger partial charge < -0.3 is 147 Å². The van der Waals surface area contributed by atoms with E-state index >= 15 is 0 Å². The molecule has 0 N–H and O–H groups in total. The summed E-state index contributed by atoms with van der Waals surface area (Å²) in [6.45, 7) is 68.1. The number of rotatable bonds is 26. The molecule has 0 bridgehead atoms. The van der Waals surface area contributed by atoms with Gasteiger partial charge in [0.1, 0.15) is 28.2 Å². The molecule has 2 aliphatic carbocycles. The molecule has 0 saturated heterocycles. The topological polar surface area (TPSA) is 339 Å². The second-order valence-corrected chi connectivity index (χ2v) is 22.7. The summed E-state index contributed by atoms with van der Waals surface area (Å²) in [5.41, 5.74) is 2.77. The van der Waals surface area contributed by atoms with Crippen LogP contribution in [0, 0.1) is 101 Å². The van der Waals surface area contributed by atoms with Gasteiger partial charge >= 0.3 is 71.8 Å². The fourth-order valence-corrected chi connectivity index (χ4v) is 6.85. The Kier molecular flexibility index (Phi) is 141. The quantitative estimate of drug-likeness (QED) is 0.0141. The van der Waals surface area contributed by atoms with E-state index in [9.17, 15) is 88.3 Å². The van der Waals surface area contributed by atoms with E-state index in [1.165, 1.54) is 5.56 Å². The molecule has 0 amide bonds. The standard InChI is InChI=1S/C12H13O2.C12H12.C11H11O2.C9H12FO2.C6H6F3O2.C6H6NO2.C6H9O2.C6H6.C5H6ClO2.C5H6FO2.C5H7O2.C5H6O2.2C4H5FO2.2CH3.13Rf/c1-3-14-12(13)10(2)9-11-7-5-4-6-8-11;1-3-7-11(8-4-1)12-9-5-2-6-10-12;1-3-13-11(12)9(2)10-7-5-4-6-8-10;1-7(10)9(11)12-8-5-3-2-4-6-8;1-3-11-5(10)4(2)6(7,8)9;1-3-9-6(8)5(2)4-7;1-4-8-6(7)5(2)3;1-2-4-6-5-3-1;2*1-3-8-5(7)4(2)6;2*1-3-5(6)7-4-2;2*1-3(5)4(6)7-2;;;;;;;;;;;;;;;/h4-8H,1-3,9H2;1-9,12H,10H2;4-8H,1-3H2;2,8H,1,3-6H2;1-3H2;1-3H2;1-2,4H2,3H3;1-6H;2*1-3H2;3H,1-2,4H2;1-2,4H2;2*1H2,2H3;2*1H3;;;;;;;;;;;;;/q-1;;5*-1;;3*-1;-2;;;2*-1;;;;;;;;;;;;;. The van der Waals surface area contributed by atoms with Gasteiger partial charge in [0.15, 0.2) is 0 Å². The Labute approximate surface area is 772 Å². The summed E-state index contributed by atoms with van der Waals surface area (Å²) in [6.07, 6.45) is 14.3. The molecule has 4 aromatic carbocycles. The number of methoxy groups -OCH3 is 2. The first kappa shape index (κ1) is 178. The fraction of sp³-hybridized carbons (Fsp3) is 0.214. The number of nitriles is 1. The van der Waals surface area contributed by atoms with Gasteiger partial charge in [-0.05, 0) is 102 Å². The van der Waals surface area contributed by atoms with E-state index in [0.717, 1.165) is 63.5 Å². The molecule has 1 atom stereocenters. The summed E-state index contributed by atoms with van der Waals surface area (Å²) in [6, 6.07) is 43.1. The van der Waals surface area contributed by atoms with Crippen LogP contribution in [0.4, 0.5) is 30.7 Å². The number of hydrogen-bond donors (Lipinski definition) is 0. The molecule has 46 heteroatoms. The molecule has 6 rings (SSSR count). The van der Waals surface area contributed by atoms with Crippen molar-refractivity contribution in [1.82, 2.24) is 0 Å². The Bertz CT molecular complexity index is 4110. The molecular formula is C98H116ClF7NO24Rf13-13. The van der Waals surface area contributed by atoms with Gasteiger partial charge in [-0.2, -0.15) is 48.8 Å². The van der Waals surface area contributed by atoms with E-state index in [4.69, 9.17) is 31.1 Å². The zero-order valence-corrected chi connectivity index (χ0v) is 168. The summed E-state index contributed by atoms with van der Waals surface area (Å²) < 4.78 is 133. The van der Waals surface area contributed by atoms with Gasteiger partial charge in [-0.1, -0.05) is 236 Å². The summed E-state index contributed by atoms with van der Waals surface area (Å²) >= 11 is 5.11. The van der Waals surface area contributed by atoms with Gasteiger partial charge in [0.05, 0.1) is 25.9 Å². The van der Waals surface area contributed by atoms with Crippen LogP contribution in [0.25, 0.3) is 5.57 Å². The fourth-order valence-electron chi connectivity index (χ4n) is 6.79. The number of benzene rings is 4. The zero-order valence-electron chi connectivity index (χ0n) is 83.7. The second kappa shape index (κ2) is 114. The smallest absolute Gasteiger partial charge is 0.422 e. The van der Waals surface area contributed by atoms with Gasteiger partial charge in [-0.25, -0.2) is 52.7 Å². The molecule has 4 aromatic rings. The van der Waals surface area contributed by atoms with E-state index in [1.807, 2.05) is 103 Å². The van der Waals surface area contributed by atoms with Crippen LogP contribution in [-0.2, 0) is 121 Å². The van der Waals surface area contributed by atoms with Crippen molar-refractivity contribution in [2.24, 2.45) is 0 Å². The number of ether oxygens (including phenoxy) is 12. The normalized spacial score (nSPS) is 9.59. The molecule has 25 nitrogen and oxygen atoms in total. The maximum absolute atomic E-state index is 12.2. The number of carbonyl (C=O) groups excluding carboxylic acids is 12.